The zero-order chi connectivity index (χ0) is 9.68. The lowest BCUT2D eigenvalue weighted by Crippen LogP contribution is -2.35. The maximum atomic E-state index is 2.52. The van der Waals surface area contributed by atoms with Crippen LogP contribution in [0.25, 0.3) is 0 Å². The number of hydrogen-bond acceptors (Lipinski definition) is 3. The molecule has 0 spiro atoms. The molecule has 0 unspecified atom stereocenters. The predicted octanol–water partition coefficient (Wildman–Crippen LogP) is 1.58. The average Bonchev–Trinajstić information content (AvgIpc) is 2.57. The molecule has 0 aromatic rings. The summed E-state index contributed by atoms with van der Waals surface area (Å²) >= 11 is 0. The topological polar surface area (TPSA) is 9.72 Å². The second-order valence-electron chi connectivity index (χ2n) is 3.68. The van der Waals surface area contributed by atoms with Crippen molar-refractivity contribution < 1.29 is 0 Å². The van der Waals surface area contributed by atoms with Gasteiger partial charge in [-0.25, -0.2) is 10.0 Å². The van der Waals surface area contributed by atoms with Crippen LogP contribution in [0.1, 0.15) is 33.6 Å². The fraction of sp³-hybridized carbons (Fsp3) is 1.00. The van der Waals surface area contributed by atoms with Crippen molar-refractivity contribution in [1.82, 2.24) is 14.9 Å². The Bertz CT molecular complexity index is 126. The van der Waals surface area contributed by atoms with Gasteiger partial charge in [-0.05, 0) is 6.42 Å². The molecular weight excluding hydrogens is 162 g/mol. The molecule has 0 saturated carbocycles. The first-order chi connectivity index (χ1) is 6.31. The Morgan fingerprint density at radius 3 is 1.85 bits per heavy atom. The molecule has 1 saturated heterocycles. The van der Waals surface area contributed by atoms with Crippen molar-refractivity contribution in [2.75, 3.05) is 33.0 Å². The lowest BCUT2D eigenvalue weighted by Gasteiger charge is -2.22. The molecule has 0 bridgehead atoms. The fourth-order valence-corrected chi connectivity index (χ4v) is 1.81. The van der Waals surface area contributed by atoms with Crippen molar-refractivity contribution in [3.05, 3.63) is 0 Å². The van der Waals surface area contributed by atoms with Crippen molar-refractivity contribution in [3.63, 3.8) is 0 Å². The van der Waals surface area contributed by atoms with Gasteiger partial charge >= 0.3 is 0 Å². The van der Waals surface area contributed by atoms with E-state index in [9.17, 15) is 0 Å². The summed E-state index contributed by atoms with van der Waals surface area (Å²) in [5.74, 6) is 0. The van der Waals surface area contributed by atoms with Crippen molar-refractivity contribution in [3.8, 4) is 0 Å². The minimum absolute atomic E-state index is 1.13. The second kappa shape index (κ2) is 5.58. The maximum Gasteiger partial charge on any atom is 0.0659 e. The molecule has 13 heavy (non-hydrogen) atoms. The average molecular weight is 185 g/mol. The molecule has 3 heteroatoms. The molecule has 78 valence electrons. The third-order valence-corrected chi connectivity index (χ3v) is 2.68. The number of hydrogen-bond donors (Lipinski definition) is 0. The highest BCUT2D eigenvalue weighted by Gasteiger charge is 2.24. The van der Waals surface area contributed by atoms with Gasteiger partial charge < -0.3 is 0 Å². The van der Waals surface area contributed by atoms with Crippen LogP contribution in [0.4, 0.5) is 0 Å². The van der Waals surface area contributed by atoms with E-state index < -0.39 is 0 Å². The number of rotatable bonds is 5. The monoisotopic (exact) mass is 185 g/mol. The highest BCUT2D eigenvalue weighted by Crippen LogP contribution is 2.11. The second-order valence-corrected chi connectivity index (χ2v) is 3.68. The Hall–Kier alpha value is -0.120. The van der Waals surface area contributed by atoms with Gasteiger partial charge in [-0.3, -0.25) is 4.90 Å². The first-order valence-electron chi connectivity index (χ1n) is 5.53. The van der Waals surface area contributed by atoms with Crippen molar-refractivity contribution in [2.24, 2.45) is 0 Å². The molecule has 1 heterocycles. The minimum Gasteiger partial charge on any atom is -0.275 e. The summed E-state index contributed by atoms with van der Waals surface area (Å²) in [6.45, 7) is 12.5. The summed E-state index contributed by atoms with van der Waals surface area (Å²) in [4.78, 5) is 2.52. The molecule has 1 rings (SSSR count). The SMILES string of the molecule is CCCCN1CN(CC)N(CC)C1. The minimum atomic E-state index is 1.13. The van der Waals surface area contributed by atoms with Gasteiger partial charge in [-0.2, -0.15) is 0 Å². The van der Waals surface area contributed by atoms with Crippen LogP contribution >= 0.6 is 0 Å². The van der Waals surface area contributed by atoms with Crippen LogP contribution in [-0.4, -0.2) is 47.9 Å². The third kappa shape index (κ3) is 2.93. The number of unbranched alkanes of at least 4 members (excludes halogenated alkanes) is 1. The van der Waals surface area contributed by atoms with Crippen LogP contribution in [0.2, 0.25) is 0 Å². The smallest absolute Gasteiger partial charge is 0.0659 e. The van der Waals surface area contributed by atoms with E-state index in [0.29, 0.717) is 0 Å². The summed E-state index contributed by atoms with van der Waals surface area (Å²) in [6, 6.07) is 0. The Morgan fingerprint density at radius 1 is 0.923 bits per heavy atom. The van der Waals surface area contributed by atoms with Crippen LogP contribution in [0.15, 0.2) is 0 Å². The van der Waals surface area contributed by atoms with Gasteiger partial charge in [-0.15, -0.1) is 0 Å². The van der Waals surface area contributed by atoms with Crippen LogP contribution < -0.4 is 0 Å². The summed E-state index contributed by atoms with van der Waals surface area (Å²) in [6.07, 6.45) is 2.63. The normalized spacial score (nSPS) is 21.5. The molecule has 0 radical (unpaired) electrons. The van der Waals surface area contributed by atoms with E-state index in [1.165, 1.54) is 19.4 Å². The van der Waals surface area contributed by atoms with E-state index >= 15 is 0 Å². The van der Waals surface area contributed by atoms with Crippen molar-refractivity contribution in [2.45, 2.75) is 33.6 Å². The standard InChI is InChI=1S/C10H23N3/c1-4-7-8-11-9-12(5-2)13(6-3)10-11/h4-10H2,1-3H3. The third-order valence-electron chi connectivity index (χ3n) is 2.68. The molecule has 3 nitrogen and oxygen atoms in total. The molecule has 0 aromatic carbocycles. The Balaban J connectivity index is 2.30. The molecular formula is C10H23N3. The van der Waals surface area contributed by atoms with Gasteiger partial charge in [-0.1, -0.05) is 27.2 Å². The van der Waals surface area contributed by atoms with Crippen molar-refractivity contribution in [1.29, 1.82) is 0 Å². The quantitative estimate of drug-likeness (QED) is 0.644. The van der Waals surface area contributed by atoms with Gasteiger partial charge in [0.2, 0.25) is 0 Å². The molecule has 0 atom stereocenters. The highest BCUT2D eigenvalue weighted by atomic mass is 15.7. The van der Waals surface area contributed by atoms with Gasteiger partial charge in [0.15, 0.2) is 0 Å². The van der Waals surface area contributed by atoms with Gasteiger partial charge in [0.05, 0.1) is 13.3 Å². The summed E-state index contributed by atoms with van der Waals surface area (Å²) in [7, 11) is 0. The Kier molecular flexibility index (Phi) is 4.70. The summed E-state index contributed by atoms with van der Waals surface area (Å²) < 4.78 is 0. The highest BCUT2D eigenvalue weighted by molar-refractivity contribution is 4.66. The molecule has 1 fully saturated rings. The van der Waals surface area contributed by atoms with Crippen LogP contribution in [0.5, 0.6) is 0 Å². The Labute approximate surface area is 82.3 Å². The van der Waals surface area contributed by atoms with E-state index in [1.54, 1.807) is 0 Å². The number of nitrogens with zero attached hydrogens (tertiary/aromatic N) is 3. The lowest BCUT2D eigenvalue weighted by atomic mass is 10.3. The van der Waals surface area contributed by atoms with E-state index in [-0.39, 0.29) is 0 Å². The Morgan fingerprint density at radius 2 is 1.46 bits per heavy atom. The van der Waals surface area contributed by atoms with E-state index in [0.717, 1.165) is 26.4 Å². The van der Waals surface area contributed by atoms with Gasteiger partial charge in [0.1, 0.15) is 0 Å². The molecule has 1 aliphatic heterocycles. The molecule has 0 aromatic heterocycles. The molecule has 1 aliphatic rings. The predicted molar refractivity (Wildman–Crippen MR) is 56.1 cm³/mol. The number of hydrazine groups is 1. The van der Waals surface area contributed by atoms with Gasteiger partial charge in [0, 0.05) is 19.6 Å². The molecule has 0 amide bonds. The maximum absolute atomic E-state index is 2.52. The lowest BCUT2D eigenvalue weighted by molar-refractivity contribution is 0.0388. The summed E-state index contributed by atoms with van der Waals surface area (Å²) in [5, 5.41) is 4.85. The van der Waals surface area contributed by atoms with Gasteiger partial charge in [0.25, 0.3) is 0 Å². The van der Waals surface area contributed by atoms with Crippen molar-refractivity contribution >= 4 is 0 Å². The largest absolute Gasteiger partial charge is 0.275 e. The van der Waals surface area contributed by atoms with Crippen LogP contribution in [0.3, 0.4) is 0 Å². The van der Waals surface area contributed by atoms with E-state index in [2.05, 4.69) is 35.7 Å². The first kappa shape index (κ1) is 11.0. The van der Waals surface area contributed by atoms with Crippen LogP contribution in [-0.2, 0) is 0 Å². The fourth-order valence-electron chi connectivity index (χ4n) is 1.81. The first-order valence-corrected chi connectivity index (χ1v) is 5.53. The zero-order valence-electron chi connectivity index (χ0n) is 9.29. The zero-order valence-corrected chi connectivity index (χ0v) is 9.29. The molecule has 0 N–H and O–H groups in total. The summed E-state index contributed by atoms with van der Waals surface area (Å²) in [5.41, 5.74) is 0. The van der Waals surface area contributed by atoms with E-state index in [4.69, 9.17) is 0 Å². The van der Waals surface area contributed by atoms with E-state index in [1.807, 2.05) is 0 Å². The van der Waals surface area contributed by atoms with Crippen LogP contribution in [0, 0.1) is 0 Å². The molecule has 0 aliphatic carbocycles.